The quantitative estimate of drug-likeness (QED) is 0.515. The third-order valence-electron chi connectivity index (χ3n) is 5.21. The Labute approximate surface area is 173 Å². The van der Waals surface area contributed by atoms with Gasteiger partial charge in [-0.1, -0.05) is 25.1 Å². The maximum absolute atomic E-state index is 12.6. The first-order valence-electron chi connectivity index (χ1n) is 9.96. The first kappa shape index (κ1) is 19.6. The van der Waals surface area contributed by atoms with Crippen molar-refractivity contribution in [2.75, 3.05) is 10.6 Å². The van der Waals surface area contributed by atoms with Crippen molar-refractivity contribution in [1.82, 2.24) is 19.2 Å². The van der Waals surface area contributed by atoms with Gasteiger partial charge in [-0.3, -0.25) is 18.6 Å². The van der Waals surface area contributed by atoms with Crippen LogP contribution in [0.5, 0.6) is 0 Å². The molecule has 0 radical (unpaired) electrons. The van der Waals surface area contributed by atoms with E-state index in [1.165, 1.54) is 4.57 Å². The lowest BCUT2D eigenvalue weighted by molar-refractivity contribution is -0.116. The molecule has 0 aliphatic rings. The summed E-state index contributed by atoms with van der Waals surface area (Å²) in [7, 11) is 1.70. The number of carbonyl (C=O) groups is 1. The molecule has 0 unspecified atom stereocenters. The third-order valence-corrected chi connectivity index (χ3v) is 5.21. The number of hydrogen-bond acceptors (Lipinski definition) is 5. The summed E-state index contributed by atoms with van der Waals surface area (Å²) in [5.41, 5.74) is 3.31. The van der Waals surface area contributed by atoms with E-state index in [4.69, 9.17) is 0 Å². The maximum atomic E-state index is 12.6. The monoisotopic (exact) mass is 404 g/mol. The number of benzene rings is 2. The number of nitrogens with one attached hydrogen (secondary N) is 2. The Morgan fingerprint density at radius 2 is 1.83 bits per heavy atom. The van der Waals surface area contributed by atoms with Crippen molar-refractivity contribution in [3.8, 4) is 0 Å². The summed E-state index contributed by atoms with van der Waals surface area (Å²) in [6, 6.07) is 13.2. The van der Waals surface area contributed by atoms with E-state index in [9.17, 15) is 9.59 Å². The van der Waals surface area contributed by atoms with E-state index in [1.54, 1.807) is 13.1 Å². The second-order valence-electron chi connectivity index (χ2n) is 7.26. The Hall–Kier alpha value is -3.68. The lowest BCUT2D eigenvalue weighted by Gasteiger charge is -2.14. The summed E-state index contributed by atoms with van der Waals surface area (Å²) in [4.78, 5) is 24.5. The minimum atomic E-state index is -0.101. The molecule has 8 heteroatoms. The summed E-state index contributed by atoms with van der Waals surface area (Å²) in [5.74, 6) is 1.19. The van der Waals surface area contributed by atoms with E-state index >= 15 is 0 Å². The smallest absolute Gasteiger partial charge is 0.262 e. The van der Waals surface area contributed by atoms with Crippen LogP contribution >= 0.6 is 0 Å². The molecule has 0 saturated heterocycles. The van der Waals surface area contributed by atoms with Gasteiger partial charge in [0, 0.05) is 24.8 Å². The van der Waals surface area contributed by atoms with Gasteiger partial charge in [0.1, 0.15) is 0 Å². The molecule has 2 aromatic carbocycles. The van der Waals surface area contributed by atoms with Crippen molar-refractivity contribution in [2.24, 2.45) is 7.05 Å². The normalized spacial score (nSPS) is 11.2. The fraction of sp³-hybridized carbons (Fsp3) is 0.273. The number of amides is 1. The Bertz CT molecular complexity index is 1300. The van der Waals surface area contributed by atoms with Crippen LogP contribution < -0.4 is 16.2 Å². The van der Waals surface area contributed by atoms with E-state index in [0.29, 0.717) is 30.0 Å². The van der Waals surface area contributed by atoms with Crippen LogP contribution in [0.2, 0.25) is 0 Å². The van der Waals surface area contributed by atoms with Crippen LogP contribution in [0.25, 0.3) is 16.7 Å². The van der Waals surface area contributed by atoms with Gasteiger partial charge in [0.05, 0.1) is 17.4 Å². The van der Waals surface area contributed by atoms with Crippen LogP contribution in [0.4, 0.5) is 11.4 Å². The number of anilines is 2. The van der Waals surface area contributed by atoms with Crippen molar-refractivity contribution in [3.63, 3.8) is 0 Å². The van der Waals surface area contributed by atoms with Gasteiger partial charge >= 0.3 is 0 Å². The predicted octanol–water partition coefficient (Wildman–Crippen LogP) is 3.24. The number of aryl methyl sites for hydroxylation is 1. The van der Waals surface area contributed by atoms with E-state index < -0.39 is 0 Å². The summed E-state index contributed by atoms with van der Waals surface area (Å²) in [6.07, 6.45) is 1.30. The molecular weight excluding hydrogens is 380 g/mol. The van der Waals surface area contributed by atoms with Crippen LogP contribution in [0.3, 0.4) is 0 Å². The maximum Gasteiger partial charge on any atom is 0.262 e. The van der Waals surface area contributed by atoms with Crippen molar-refractivity contribution < 1.29 is 4.79 Å². The molecular formula is C22H24N6O2. The molecule has 2 aromatic heterocycles. The van der Waals surface area contributed by atoms with Crippen molar-refractivity contribution in [1.29, 1.82) is 0 Å². The number of rotatable bonds is 6. The zero-order valence-corrected chi connectivity index (χ0v) is 17.3. The number of hydrogen-bond donors (Lipinski definition) is 2. The second kappa shape index (κ2) is 7.98. The topological polar surface area (TPSA) is 93.3 Å². The van der Waals surface area contributed by atoms with Gasteiger partial charge in [-0.05, 0) is 43.2 Å². The molecule has 0 bridgehead atoms. The second-order valence-corrected chi connectivity index (χ2v) is 7.26. The molecule has 2 N–H and O–H groups in total. The summed E-state index contributed by atoms with van der Waals surface area (Å²) < 4.78 is 3.40. The molecule has 154 valence electrons. The van der Waals surface area contributed by atoms with Crippen molar-refractivity contribution in [3.05, 3.63) is 64.2 Å². The van der Waals surface area contributed by atoms with E-state index in [-0.39, 0.29) is 11.5 Å². The van der Waals surface area contributed by atoms with Gasteiger partial charge in [0.15, 0.2) is 5.82 Å². The number of aromatic nitrogens is 4. The average molecular weight is 404 g/mol. The Morgan fingerprint density at radius 3 is 2.63 bits per heavy atom. The van der Waals surface area contributed by atoms with E-state index in [1.807, 2.05) is 54.6 Å². The highest BCUT2D eigenvalue weighted by Crippen LogP contribution is 2.24. The molecule has 1 amide bonds. The Balaban J connectivity index is 1.67. The van der Waals surface area contributed by atoms with E-state index in [2.05, 4.69) is 20.8 Å². The lowest BCUT2D eigenvalue weighted by Crippen LogP contribution is -2.20. The van der Waals surface area contributed by atoms with Gasteiger partial charge in [-0.2, -0.15) is 0 Å². The molecule has 0 spiro atoms. The Morgan fingerprint density at radius 1 is 1.07 bits per heavy atom. The van der Waals surface area contributed by atoms with Crippen LogP contribution in [-0.2, 0) is 18.4 Å². The summed E-state index contributed by atoms with van der Waals surface area (Å²) in [6.45, 7) is 4.36. The van der Waals surface area contributed by atoms with Crippen LogP contribution in [0.1, 0.15) is 31.2 Å². The molecule has 0 aliphatic heterocycles. The van der Waals surface area contributed by atoms with Crippen LogP contribution in [-0.4, -0.2) is 25.1 Å². The van der Waals surface area contributed by atoms with Gasteiger partial charge in [0.2, 0.25) is 11.7 Å². The first-order valence-corrected chi connectivity index (χ1v) is 9.96. The molecule has 4 rings (SSSR count). The van der Waals surface area contributed by atoms with Crippen molar-refractivity contribution >= 4 is 34.0 Å². The average Bonchev–Trinajstić information content (AvgIpc) is 3.17. The molecule has 2 heterocycles. The highest BCUT2D eigenvalue weighted by molar-refractivity contribution is 5.92. The SMILES string of the molecule is CCCC(=O)Nc1cccc(NCc2nnc3n(C)c(=O)c4ccccc4n23)c1C. The summed E-state index contributed by atoms with van der Waals surface area (Å²) in [5, 5.41) is 15.5. The first-order chi connectivity index (χ1) is 14.5. The van der Waals surface area contributed by atoms with Crippen LogP contribution in [0.15, 0.2) is 47.3 Å². The van der Waals surface area contributed by atoms with Gasteiger partial charge in [-0.15, -0.1) is 10.2 Å². The number of para-hydroxylation sites is 1. The zero-order chi connectivity index (χ0) is 21.3. The molecule has 0 saturated carbocycles. The standard InChI is InChI=1S/C22H24N6O2/c1-4-8-20(29)24-17-11-7-10-16(14(17)2)23-13-19-25-26-22-27(3)21(30)15-9-5-6-12-18(15)28(19)22/h5-7,9-12,23H,4,8,13H2,1-3H3,(H,24,29). The molecule has 0 atom stereocenters. The van der Waals surface area contributed by atoms with Gasteiger partial charge < -0.3 is 10.6 Å². The molecule has 8 nitrogen and oxygen atoms in total. The van der Waals surface area contributed by atoms with Gasteiger partial charge in [-0.25, -0.2) is 0 Å². The molecule has 30 heavy (non-hydrogen) atoms. The lowest BCUT2D eigenvalue weighted by atomic mass is 10.1. The minimum Gasteiger partial charge on any atom is -0.377 e. The van der Waals surface area contributed by atoms with Crippen molar-refractivity contribution in [2.45, 2.75) is 33.2 Å². The zero-order valence-electron chi connectivity index (χ0n) is 17.3. The highest BCUT2D eigenvalue weighted by Gasteiger charge is 2.15. The number of carbonyl (C=O) groups excluding carboxylic acids is 1. The number of nitrogens with zero attached hydrogens (tertiary/aromatic N) is 4. The van der Waals surface area contributed by atoms with Gasteiger partial charge in [0.25, 0.3) is 5.56 Å². The predicted molar refractivity (Wildman–Crippen MR) is 118 cm³/mol. The van der Waals surface area contributed by atoms with Crippen LogP contribution in [0, 0.1) is 6.92 Å². The number of fused-ring (bicyclic) bond motifs is 3. The fourth-order valence-electron chi connectivity index (χ4n) is 3.58. The fourth-order valence-corrected chi connectivity index (χ4v) is 3.58. The highest BCUT2D eigenvalue weighted by atomic mass is 16.1. The molecule has 0 fully saturated rings. The molecule has 0 aliphatic carbocycles. The summed E-state index contributed by atoms with van der Waals surface area (Å²) >= 11 is 0. The molecule has 4 aromatic rings. The van der Waals surface area contributed by atoms with E-state index in [0.717, 1.165) is 28.9 Å². The third kappa shape index (κ3) is 3.41. The largest absolute Gasteiger partial charge is 0.377 e. The Kier molecular flexibility index (Phi) is 5.22. The minimum absolute atomic E-state index is 0.00795.